The molecule has 0 unspecified atom stereocenters. The van der Waals surface area contributed by atoms with E-state index >= 15 is 0 Å². The summed E-state index contributed by atoms with van der Waals surface area (Å²) in [5.74, 6) is 0. The summed E-state index contributed by atoms with van der Waals surface area (Å²) in [5, 5.41) is 6.99. The number of nitrogens with one attached hydrogen (secondary N) is 1. The zero-order valence-electron chi connectivity index (χ0n) is 39.8. The van der Waals surface area contributed by atoms with E-state index in [9.17, 15) is 0 Å². The minimum absolute atomic E-state index is 0.617. The van der Waals surface area contributed by atoms with Gasteiger partial charge in [0, 0.05) is 50.0 Å². The third-order valence-corrected chi connectivity index (χ3v) is 15.5. The van der Waals surface area contributed by atoms with Gasteiger partial charge in [-0.1, -0.05) is 188 Å². The molecule has 15 rings (SSSR count). The summed E-state index contributed by atoms with van der Waals surface area (Å²) in [6.45, 7) is 0. The fraction of sp³-hybridized carbons (Fsp3) is 0.0145. The summed E-state index contributed by atoms with van der Waals surface area (Å²) >= 11 is 0. The molecular formula is C69H46N4. The Hall–Kier alpha value is -9.64. The summed E-state index contributed by atoms with van der Waals surface area (Å²) in [5.41, 5.74) is 19.2. The lowest BCUT2D eigenvalue weighted by Crippen LogP contribution is -2.36. The normalized spacial score (nSPS) is 13.0. The molecule has 0 saturated heterocycles. The van der Waals surface area contributed by atoms with E-state index in [0.29, 0.717) is 0 Å². The molecule has 0 amide bonds. The van der Waals surface area contributed by atoms with Gasteiger partial charge in [0.2, 0.25) is 0 Å². The number of hydrogen-bond donors (Lipinski definition) is 1. The Labute approximate surface area is 423 Å². The van der Waals surface area contributed by atoms with E-state index in [2.05, 4.69) is 293 Å². The molecule has 1 aromatic heterocycles. The van der Waals surface area contributed by atoms with Crippen LogP contribution in [0.3, 0.4) is 0 Å². The second-order valence-electron chi connectivity index (χ2n) is 19.3. The minimum Gasteiger partial charge on any atom is -0.352 e. The Morgan fingerprint density at radius 3 is 1.47 bits per heavy atom. The Morgan fingerprint density at radius 1 is 0.329 bits per heavy atom. The molecule has 73 heavy (non-hydrogen) atoms. The molecule has 2 heterocycles. The summed E-state index contributed by atoms with van der Waals surface area (Å²) in [4.78, 5) is 11.6. The number of aromatic nitrogens is 1. The van der Waals surface area contributed by atoms with Crippen LogP contribution in [0.25, 0.3) is 54.5 Å². The number of para-hydroxylation sites is 6. The van der Waals surface area contributed by atoms with Crippen molar-refractivity contribution in [2.24, 2.45) is 0 Å². The second kappa shape index (κ2) is 16.2. The molecule has 0 saturated carbocycles. The summed E-state index contributed by atoms with van der Waals surface area (Å²) in [7, 11) is 0. The van der Waals surface area contributed by atoms with Crippen molar-refractivity contribution < 1.29 is 0 Å². The molecule has 342 valence electrons. The van der Waals surface area contributed by atoms with Crippen LogP contribution in [-0.2, 0) is 5.41 Å². The number of H-pyrrole nitrogens is 1. The van der Waals surface area contributed by atoms with Crippen molar-refractivity contribution in [1.29, 1.82) is 0 Å². The number of fused-ring (bicyclic) bond motifs is 15. The zero-order valence-corrected chi connectivity index (χ0v) is 39.8. The third kappa shape index (κ3) is 6.01. The fourth-order valence-electron chi connectivity index (χ4n) is 12.6. The number of hydrogen-bond acceptors (Lipinski definition) is 3. The van der Waals surface area contributed by atoms with Gasteiger partial charge in [0.25, 0.3) is 0 Å². The van der Waals surface area contributed by atoms with E-state index in [1.807, 2.05) is 0 Å². The molecule has 12 aromatic carbocycles. The number of aromatic amines is 1. The van der Waals surface area contributed by atoms with Crippen molar-refractivity contribution in [3.8, 4) is 11.1 Å². The van der Waals surface area contributed by atoms with Crippen LogP contribution >= 0.6 is 0 Å². The van der Waals surface area contributed by atoms with Gasteiger partial charge in [-0.3, -0.25) is 0 Å². The quantitative estimate of drug-likeness (QED) is 0.172. The van der Waals surface area contributed by atoms with E-state index in [1.54, 1.807) is 0 Å². The maximum absolute atomic E-state index is 4.17. The molecule has 0 bridgehead atoms. The van der Waals surface area contributed by atoms with Gasteiger partial charge in [-0.15, -0.1) is 0 Å². The summed E-state index contributed by atoms with van der Waals surface area (Å²) in [6.07, 6.45) is 0. The molecule has 1 aliphatic carbocycles. The summed E-state index contributed by atoms with van der Waals surface area (Å²) in [6, 6.07) is 100. The Morgan fingerprint density at radius 2 is 0.822 bits per heavy atom. The molecule has 2 aliphatic rings. The highest BCUT2D eigenvalue weighted by atomic mass is 15.2. The van der Waals surface area contributed by atoms with Gasteiger partial charge < -0.3 is 19.7 Å². The van der Waals surface area contributed by atoms with Gasteiger partial charge in [-0.05, 0) is 129 Å². The number of benzene rings is 12. The highest BCUT2D eigenvalue weighted by Crippen LogP contribution is 2.64. The molecule has 1 N–H and O–H groups in total. The highest BCUT2D eigenvalue weighted by Gasteiger charge is 2.52. The molecule has 0 atom stereocenters. The Bertz CT molecular complexity index is 4190. The van der Waals surface area contributed by atoms with Crippen LogP contribution in [0.1, 0.15) is 22.3 Å². The molecule has 4 heteroatoms. The molecule has 0 radical (unpaired) electrons. The van der Waals surface area contributed by atoms with Crippen molar-refractivity contribution in [3.05, 3.63) is 295 Å². The topological polar surface area (TPSA) is 25.5 Å². The number of anilines is 9. The average Bonchev–Trinajstić information content (AvgIpc) is 3.98. The standard InChI is InChI=1S/C69H46N4/c1-5-25-48(26-6-1)71(52-41-42-56-55-35-17-18-36-58(55)69(61(56)45-52)59-37-19-21-39-62(59)73(51-31-11-4-12-32-51)63-40-22-20-38-60(63)69)64-44-47-24-13-15-33-53(47)66-65(64)57-43-46-23-14-16-34-54(46)68(67(57)70-66)72(49-27-7-2-8-28-49)50-29-9-3-10-30-50/h1-45,70H. The predicted molar refractivity (Wildman–Crippen MR) is 306 cm³/mol. The van der Waals surface area contributed by atoms with Gasteiger partial charge in [0.05, 0.1) is 39.2 Å². The van der Waals surface area contributed by atoms with Crippen molar-refractivity contribution in [2.75, 3.05) is 14.7 Å². The zero-order chi connectivity index (χ0) is 48.0. The minimum atomic E-state index is -0.617. The fourth-order valence-corrected chi connectivity index (χ4v) is 12.6. The van der Waals surface area contributed by atoms with E-state index in [4.69, 9.17) is 0 Å². The van der Waals surface area contributed by atoms with Gasteiger partial charge in [-0.2, -0.15) is 0 Å². The molecule has 13 aromatic rings. The smallest absolute Gasteiger partial charge is 0.0782 e. The lowest BCUT2D eigenvalue weighted by molar-refractivity contribution is 0.752. The van der Waals surface area contributed by atoms with Crippen molar-refractivity contribution in [1.82, 2.24) is 4.98 Å². The first-order valence-electron chi connectivity index (χ1n) is 25.2. The Balaban J connectivity index is 1.04. The molecule has 1 spiro atoms. The van der Waals surface area contributed by atoms with Gasteiger partial charge >= 0.3 is 0 Å². The highest BCUT2D eigenvalue weighted by molar-refractivity contribution is 6.28. The maximum Gasteiger partial charge on any atom is 0.0782 e. The van der Waals surface area contributed by atoms with E-state index in [1.165, 1.54) is 60.9 Å². The van der Waals surface area contributed by atoms with Crippen LogP contribution in [0, 0.1) is 0 Å². The second-order valence-corrected chi connectivity index (χ2v) is 19.3. The first kappa shape index (κ1) is 41.2. The van der Waals surface area contributed by atoms with E-state index in [-0.39, 0.29) is 0 Å². The summed E-state index contributed by atoms with van der Waals surface area (Å²) < 4.78 is 0. The van der Waals surface area contributed by atoms with Crippen LogP contribution in [0.4, 0.5) is 51.2 Å². The van der Waals surface area contributed by atoms with Crippen molar-refractivity contribution in [2.45, 2.75) is 5.41 Å². The van der Waals surface area contributed by atoms with Crippen molar-refractivity contribution in [3.63, 3.8) is 0 Å². The predicted octanol–water partition coefficient (Wildman–Crippen LogP) is 18.7. The van der Waals surface area contributed by atoms with Crippen LogP contribution in [-0.4, -0.2) is 4.98 Å². The maximum atomic E-state index is 4.17. The monoisotopic (exact) mass is 930 g/mol. The van der Waals surface area contributed by atoms with Crippen LogP contribution in [0.15, 0.2) is 273 Å². The van der Waals surface area contributed by atoms with E-state index in [0.717, 1.165) is 67.0 Å². The largest absolute Gasteiger partial charge is 0.352 e. The first-order chi connectivity index (χ1) is 36.3. The third-order valence-electron chi connectivity index (χ3n) is 15.5. The lowest BCUT2D eigenvalue weighted by atomic mass is 9.64. The first-order valence-corrected chi connectivity index (χ1v) is 25.2. The lowest BCUT2D eigenvalue weighted by Gasteiger charge is -2.45. The van der Waals surface area contributed by atoms with Gasteiger partial charge in [0.1, 0.15) is 0 Å². The van der Waals surface area contributed by atoms with Crippen LogP contribution in [0.5, 0.6) is 0 Å². The van der Waals surface area contributed by atoms with E-state index < -0.39 is 5.41 Å². The molecule has 1 aliphatic heterocycles. The van der Waals surface area contributed by atoms with Crippen LogP contribution in [0.2, 0.25) is 0 Å². The average molecular weight is 931 g/mol. The molecule has 0 fully saturated rings. The van der Waals surface area contributed by atoms with Crippen LogP contribution < -0.4 is 14.7 Å². The van der Waals surface area contributed by atoms with Gasteiger partial charge in [0.15, 0.2) is 0 Å². The number of nitrogens with zero attached hydrogens (tertiary/aromatic N) is 3. The number of rotatable bonds is 7. The Kier molecular flexibility index (Phi) is 9.14. The van der Waals surface area contributed by atoms with Gasteiger partial charge in [-0.25, -0.2) is 0 Å². The molecule has 4 nitrogen and oxygen atoms in total. The SMILES string of the molecule is c1ccc(N2c3ccccc3C3(c4ccccc4-c4ccc(N(c5ccccc5)c5cc6ccccc6c6[nH]c7c(N(c8ccccc8)c8ccccc8)c8ccccc8cc7c56)cc43)c3ccccc32)cc1. The van der Waals surface area contributed by atoms with Crippen molar-refractivity contribution >= 4 is 94.5 Å². The molecular weight excluding hydrogens is 885 g/mol.